The number of sulfonamides is 1. The fourth-order valence-corrected chi connectivity index (χ4v) is 6.30. The van der Waals surface area contributed by atoms with E-state index in [0.29, 0.717) is 11.1 Å². The number of rotatable bonds is 7. The van der Waals surface area contributed by atoms with Crippen molar-refractivity contribution < 1.29 is 31.2 Å². The van der Waals surface area contributed by atoms with Gasteiger partial charge in [0.05, 0.1) is 11.3 Å². The van der Waals surface area contributed by atoms with Crippen LogP contribution in [0, 0.1) is 6.92 Å². The van der Waals surface area contributed by atoms with Gasteiger partial charge >= 0.3 is 6.18 Å². The first-order valence-electron chi connectivity index (χ1n) is 12.8. The summed E-state index contributed by atoms with van der Waals surface area (Å²) in [5.41, 5.74) is 0.638. The molecule has 2 aromatic carbocycles. The van der Waals surface area contributed by atoms with E-state index in [2.05, 4.69) is 10.3 Å². The molecule has 0 aromatic heterocycles. The summed E-state index contributed by atoms with van der Waals surface area (Å²) >= 11 is 0. The van der Waals surface area contributed by atoms with Gasteiger partial charge in [0.15, 0.2) is 0 Å². The van der Waals surface area contributed by atoms with Crippen LogP contribution >= 0.6 is 0 Å². The number of benzene rings is 2. The Hall–Kier alpha value is -3.51. The van der Waals surface area contributed by atoms with E-state index < -0.39 is 27.3 Å². The maximum atomic E-state index is 13.1. The maximum absolute atomic E-state index is 13.1. The SMILES string of the molecule is Cc1cc(C(=O)N(C)C)ccc1CCS(=O)(=O)N1CCC2(CC1)N=C(/C=C/c1cccc(C(F)(F)F)c1)NC2=O. The van der Waals surface area contributed by atoms with Gasteiger partial charge in [0.2, 0.25) is 10.0 Å². The first kappa shape index (κ1) is 29.5. The Morgan fingerprint density at radius 1 is 1.12 bits per heavy atom. The monoisotopic (exact) mass is 576 g/mol. The second-order valence-corrected chi connectivity index (χ2v) is 12.3. The summed E-state index contributed by atoms with van der Waals surface area (Å²) in [4.78, 5) is 30.9. The summed E-state index contributed by atoms with van der Waals surface area (Å²) in [5.74, 6) is -0.360. The van der Waals surface area contributed by atoms with E-state index in [1.54, 1.807) is 32.3 Å². The van der Waals surface area contributed by atoms with Crippen molar-refractivity contribution in [1.82, 2.24) is 14.5 Å². The Bertz CT molecular complexity index is 1470. The van der Waals surface area contributed by atoms with E-state index in [4.69, 9.17) is 0 Å². The summed E-state index contributed by atoms with van der Waals surface area (Å²) < 4.78 is 66.4. The number of alkyl halides is 3. The average molecular weight is 577 g/mol. The van der Waals surface area contributed by atoms with Crippen LogP contribution in [-0.4, -0.2) is 73.7 Å². The fourth-order valence-electron chi connectivity index (χ4n) is 4.82. The molecule has 0 aliphatic carbocycles. The molecule has 4 rings (SSSR count). The van der Waals surface area contributed by atoms with E-state index in [0.717, 1.165) is 23.3 Å². The quantitative estimate of drug-likeness (QED) is 0.544. The van der Waals surface area contributed by atoms with Crippen LogP contribution in [0.4, 0.5) is 13.2 Å². The predicted molar refractivity (Wildman–Crippen MR) is 146 cm³/mol. The zero-order valence-corrected chi connectivity index (χ0v) is 23.3. The molecule has 12 heteroatoms. The number of piperidine rings is 1. The molecule has 0 atom stereocenters. The van der Waals surface area contributed by atoms with Crippen molar-refractivity contribution in [2.24, 2.45) is 4.99 Å². The molecule has 2 heterocycles. The van der Waals surface area contributed by atoms with Crippen molar-refractivity contribution in [3.05, 3.63) is 76.4 Å². The van der Waals surface area contributed by atoms with Crippen LogP contribution in [0.3, 0.4) is 0 Å². The lowest BCUT2D eigenvalue weighted by Gasteiger charge is -2.34. The Labute approximate surface area is 231 Å². The van der Waals surface area contributed by atoms with Gasteiger partial charge in [0.25, 0.3) is 11.8 Å². The number of carbonyl (C=O) groups is 2. The smallest absolute Gasteiger partial charge is 0.345 e. The number of aliphatic imine (C=N–C) groups is 1. The molecule has 2 aliphatic rings. The number of amidine groups is 1. The molecule has 2 amide bonds. The molecule has 214 valence electrons. The number of nitrogens with one attached hydrogen (secondary N) is 1. The van der Waals surface area contributed by atoms with Crippen molar-refractivity contribution in [2.45, 2.75) is 37.9 Å². The summed E-state index contributed by atoms with van der Waals surface area (Å²) in [6.07, 6.45) is -0.895. The molecular formula is C28H31F3N4O4S. The van der Waals surface area contributed by atoms with E-state index >= 15 is 0 Å². The van der Waals surface area contributed by atoms with Crippen molar-refractivity contribution in [3.8, 4) is 0 Å². The predicted octanol–water partition coefficient (Wildman–Crippen LogP) is 3.66. The number of halogens is 3. The van der Waals surface area contributed by atoms with Gasteiger partial charge in [-0.1, -0.05) is 24.3 Å². The topological polar surface area (TPSA) is 99.2 Å². The third-order valence-corrected chi connectivity index (χ3v) is 9.09. The summed E-state index contributed by atoms with van der Waals surface area (Å²) in [7, 11) is -0.273. The van der Waals surface area contributed by atoms with Crippen molar-refractivity contribution in [3.63, 3.8) is 0 Å². The number of nitrogens with zero attached hydrogens (tertiary/aromatic N) is 3. The van der Waals surface area contributed by atoms with Crippen molar-refractivity contribution in [1.29, 1.82) is 0 Å². The van der Waals surface area contributed by atoms with Gasteiger partial charge in [-0.2, -0.15) is 13.2 Å². The van der Waals surface area contributed by atoms with Gasteiger partial charge < -0.3 is 10.2 Å². The molecule has 0 unspecified atom stereocenters. The third-order valence-electron chi connectivity index (χ3n) is 7.21. The molecule has 40 heavy (non-hydrogen) atoms. The molecule has 2 aliphatic heterocycles. The largest absolute Gasteiger partial charge is 0.416 e. The molecule has 0 bridgehead atoms. The molecule has 1 spiro atoms. The first-order chi connectivity index (χ1) is 18.7. The zero-order valence-electron chi connectivity index (χ0n) is 22.5. The van der Waals surface area contributed by atoms with Gasteiger partial charge in [-0.15, -0.1) is 0 Å². The van der Waals surface area contributed by atoms with Gasteiger partial charge in [-0.25, -0.2) is 12.7 Å². The van der Waals surface area contributed by atoms with Gasteiger partial charge in [0, 0.05) is 32.7 Å². The number of aryl methyl sites for hydroxylation is 2. The molecule has 8 nitrogen and oxygen atoms in total. The maximum Gasteiger partial charge on any atom is 0.416 e. The Kier molecular flexibility index (Phi) is 8.23. The normalized spacial score (nSPS) is 17.8. The standard InChI is InChI=1S/C28H31F3N4O4S/c1-19-17-22(25(36)34(2)3)9-8-21(19)11-16-40(38,39)35-14-12-27(13-15-35)26(37)32-24(33-27)10-7-20-5-4-6-23(18-20)28(29,30)31/h4-10,17-18H,11-16H2,1-3H3,(H,32,33,37)/b10-7+. The second kappa shape index (κ2) is 11.2. The number of hydrogen-bond acceptors (Lipinski definition) is 5. The van der Waals surface area contributed by atoms with Crippen LogP contribution in [0.5, 0.6) is 0 Å². The molecule has 1 fully saturated rings. The van der Waals surface area contributed by atoms with E-state index in [1.165, 1.54) is 33.5 Å². The summed E-state index contributed by atoms with van der Waals surface area (Å²) in [6, 6.07) is 10.0. The van der Waals surface area contributed by atoms with Gasteiger partial charge in [-0.3, -0.25) is 14.6 Å². The highest BCUT2D eigenvalue weighted by Gasteiger charge is 2.47. The highest BCUT2D eigenvalue weighted by Crippen LogP contribution is 2.32. The zero-order chi connectivity index (χ0) is 29.3. The average Bonchev–Trinajstić information content (AvgIpc) is 3.20. The Morgan fingerprint density at radius 2 is 1.82 bits per heavy atom. The molecule has 1 N–H and O–H groups in total. The number of hydrogen-bond donors (Lipinski definition) is 1. The van der Waals surface area contributed by atoms with E-state index in [9.17, 15) is 31.2 Å². The minimum Gasteiger partial charge on any atom is -0.345 e. The second-order valence-electron chi connectivity index (χ2n) is 10.2. The van der Waals surface area contributed by atoms with Crippen LogP contribution in [0.2, 0.25) is 0 Å². The minimum absolute atomic E-state index is 0.109. The summed E-state index contributed by atoms with van der Waals surface area (Å²) in [6.45, 7) is 2.09. The number of amides is 2. The molecular weight excluding hydrogens is 545 g/mol. The van der Waals surface area contributed by atoms with Crippen molar-refractivity contribution >= 4 is 33.7 Å². The fraction of sp³-hybridized carbons (Fsp3) is 0.393. The van der Waals surface area contributed by atoms with Crippen LogP contribution in [0.25, 0.3) is 6.08 Å². The molecule has 0 radical (unpaired) electrons. The molecule has 2 aromatic rings. The van der Waals surface area contributed by atoms with Crippen molar-refractivity contribution in [2.75, 3.05) is 32.9 Å². The lowest BCUT2D eigenvalue weighted by molar-refractivity contribution is -0.137. The Morgan fingerprint density at radius 3 is 2.45 bits per heavy atom. The molecule has 0 saturated carbocycles. The highest BCUT2D eigenvalue weighted by molar-refractivity contribution is 7.89. The number of carbonyl (C=O) groups excluding carboxylic acids is 2. The lowest BCUT2D eigenvalue weighted by atomic mass is 9.89. The van der Waals surface area contributed by atoms with Crippen LogP contribution in [0.1, 0.15) is 45.5 Å². The molecule has 1 saturated heterocycles. The Balaban J connectivity index is 1.37. The highest BCUT2D eigenvalue weighted by atomic mass is 32.2. The first-order valence-corrected chi connectivity index (χ1v) is 14.4. The van der Waals surface area contributed by atoms with Gasteiger partial charge in [-0.05, 0) is 73.2 Å². The van der Waals surface area contributed by atoms with E-state index in [1.807, 2.05) is 6.92 Å². The van der Waals surface area contributed by atoms with Crippen LogP contribution in [-0.2, 0) is 27.4 Å². The van der Waals surface area contributed by atoms with E-state index in [-0.39, 0.29) is 55.8 Å². The minimum atomic E-state index is -4.46. The van der Waals surface area contributed by atoms with Crippen LogP contribution in [0.15, 0.2) is 53.5 Å². The van der Waals surface area contributed by atoms with Gasteiger partial charge in [0.1, 0.15) is 11.4 Å². The van der Waals surface area contributed by atoms with Crippen LogP contribution < -0.4 is 5.32 Å². The summed E-state index contributed by atoms with van der Waals surface area (Å²) in [5, 5.41) is 2.66. The lowest BCUT2D eigenvalue weighted by Crippen LogP contribution is -2.50. The third kappa shape index (κ3) is 6.44.